The Morgan fingerprint density at radius 3 is 2.54 bits per heavy atom. The van der Waals surface area contributed by atoms with Crippen LogP contribution >= 0.6 is 0 Å². The summed E-state index contributed by atoms with van der Waals surface area (Å²) in [5, 5.41) is 20.3. The molecule has 0 aromatic heterocycles. The average molecular weight is 191 g/mol. The predicted octanol–water partition coefficient (Wildman–Crippen LogP) is -0.136. The van der Waals surface area contributed by atoms with Crippen LogP contribution in [-0.4, -0.2) is 41.2 Å². The molecule has 5 heteroatoms. The van der Waals surface area contributed by atoms with Crippen molar-refractivity contribution < 1.29 is 19.7 Å². The molecule has 5 nitrogen and oxygen atoms in total. The largest absolute Gasteiger partial charge is 0.447 e. The SMILES string of the molecule is CC(C)OC(=O)NCC(C)(O)CO. The Morgan fingerprint density at radius 1 is 1.62 bits per heavy atom. The summed E-state index contributed by atoms with van der Waals surface area (Å²) in [6.45, 7) is 4.43. The first-order valence-electron chi connectivity index (χ1n) is 4.15. The van der Waals surface area contributed by atoms with Crippen LogP contribution in [-0.2, 0) is 4.74 Å². The van der Waals surface area contributed by atoms with E-state index in [4.69, 9.17) is 9.84 Å². The van der Waals surface area contributed by atoms with Gasteiger partial charge in [0.05, 0.1) is 19.3 Å². The monoisotopic (exact) mass is 191 g/mol. The van der Waals surface area contributed by atoms with Gasteiger partial charge < -0.3 is 20.3 Å². The predicted molar refractivity (Wildman–Crippen MR) is 47.3 cm³/mol. The number of hydrogen-bond donors (Lipinski definition) is 3. The Bertz CT molecular complexity index is 168. The van der Waals surface area contributed by atoms with Crippen molar-refractivity contribution in [2.75, 3.05) is 13.2 Å². The van der Waals surface area contributed by atoms with Crippen LogP contribution in [0.4, 0.5) is 4.79 Å². The van der Waals surface area contributed by atoms with Gasteiger partial charge in [-0.25, -0.2) is 4.79 Å². The van der Waals surface area contributed by atoms with Crippen LogP contribution in [0.25, 0.3) is 0 Å². The summed E-state index contributed by atoms with van der Waals surface area (Å²) in [6.07, 6.45) is -0.789. The molecular weight excluding hydrogens is 174 g/mol. The highest BCUT2D eigenvalue weighted by Gasteiger charge is 2.20. The summed E-state index contributed by atoms with van der Waals surface area (Å²) in [4.78, 5) is 10.9. The number of hydrogen-bond acceptors (Lipinski definition) is 4. The molecule has 0 saturated heterocycles. The highest BCUT2D eigenvalue weighted by atomic mass is 16.6. The molecule has 0 aromatic rings. The fraction of sp³-hybridized carbons (Fsp3) is 0.875. The van der Waals surface area contributed by atoms with Gasteiger partial charge in [-0.2, -0.15) is 0 Å². The third kappa shape index (κ3) is 6.36. The summed E-state index contributed by atoms with van der Waals surface area (Å²) >= 11 is 0. The van der Waals surface area contributed by atoms with Gasteiger partial charge in [-0.3, -0.25) is 0 Å². The molecular formula is C8H17NO4. The second-order valence-corrected chi connectivity index (χ2v) is 3.46. The highest BCUT2D eigenvalue weighted by Crippen LogP contribution is 1.99. The maximum Gasteiger partial charge on any atom is 0.407 e. The van der Waals surface area contributed by atoms with Crippen molar-refractivity contribution in [1.82, 2.24) is 5.32 Å². The molecule has 0 aliphatic rings. The molecule has 0 saturated carbocycles. The molecule has 0 aliphatic carbocycles. The van der Waals surface area contributed by atoms with Gasteiger partial charge in [-0.05, 0) is 20.8 Å². The van der Waals surface area contributed by atoms with E-state index in [1.54, 1.807) is 13.8 Å². The zero-order valence-corrected chi connectivity index (χ0v) is 8.20. The van der Waals surface area contributed by atoms with Crippen molar-refractivity contribution >= 4 is 6.09 Å². The molecule has 1 amide bonds. The number of nitrogens with one attached hydrogen (secondary N) is 1. The first-order valence-corrected chi connectivity index (χ1v) is 4.15. The average Bonchev–Trinajstić information content (AvgIpc) is 2.00. The van der Waals surface area contributed by atoms with Crippen LogP contribution in [0.2, 0.25) is 0 Å². The minimum atomic E-state index is -1.30. The van der Waals surface area contributed by atoms with E-state index >= 15 is 0 Å². The molecule has 78 valence electrons. The number of aliphatic hydroxyl groups is 2. The topological polar surface area (TPSA) is 78.8 Å². The lowest BCUT2D eigenvalue weighted by Gasteiger charge is -2.20. The molecule has 1 atom stereocenters. The Hall–Kier alpha value is -0.810. The molecule has 13 heavy (non-hydrogen) atoms. The lowest BCUT2D eigenvalue weighted by molar-refractivity contribution is 0.00147. The van der Waals surface area contributed by atoms with E-state index in [-0.39, 0.29) is 12.6 Å². The van der Waals surface area contributed by atoms with Crippen molar-refractivity contribution in [3.8, 4) is 0 Å². The van der Waals surface area contributed by atoms with E-state index in [1.165, 1.54) is 6.92 Å². The smallest absolute Gasteiger partial charge is 0.407 e. The number of ether oxygens (including phenoxy) is 1. The van der Waals surface area contributed by atoms with Gasteiger partial charge in [0.25, 0.3) is 0 Å². The summed E-state index contributed by atoms with van der Waals surface area (Å²) < 4.78 is 4.75. The molecule has 0 bridgehead atoms. The van der Waals surface area contributed by atoms with Gasteiger partial charge in [0.15, 0.2) is 0 Å². The molecule has 0 heterocycles. The van der Waals surface area contributed by atoms with Crippen molar-refractivity contribution in [2.45, 2.75) is 32.5 Å². The van der Waals surface area contributed by atoms with Gasteiger partial charge in [0.2, 0.25) is 0 Å². The quantitative estimate of drug-likeness (QED) is 0.578. The summed E-state index contributed by atoms with van der Waals surface area (Å²) in [5.41, 5.74) is -1.30. The van der Waals surface area contributed by atoms with Crippen molar-refractivity contribution in [3.63, 3.8) is 0 Å². The Labute approximate surface area is 77.7 Å². The molecule has 1 unspecified atom stereocenters. The molecule has 0 aliphatic heterocycles. The highest BCUT2D eigenvalue weighted by molar-refractivity contribution is 5.67. The van der Waals surface area contributed by atoms with E-state index in [9.17, 15) is 9.90 Å². The van der Waals surface area contributed by atoms with Crippen LogP contribution in [0, 0.1) is 0 Å². The second-order valence-electron chi connectivity index (χ2n) is 3.46. The molecule has 0 radical (unpaired) electrons. The standard InChI is InChI=1S/C8H17NO4/c1-6(2)13-7(11)9-4-8(3,12)5-10/h6,10,12H,4-5H2,1-3H3,(H,9,11). The van der Waals surface area contributed by atoms with Gasteiger partial charge in [0, 0.05) is 0 Å². The van der Waals surface area contributed by atoms with E-state index in [1.807, 2.05) is 0 Å². The van der Waals surface area contributed by atoms with Crippen molar-refractivity contribution in [1.29, 1.82) is 0 Å². The zero-order valence-electron chi connectivity index (χ0n) is 8.20. The summed E-state index contributed by atoms with van der Waals surface area (Å²) in [5.74, 6) is 0. The first kappa shape index (κ1) is 12.2. The lowest BCUT2D eigenvalue weighted by atomic mass is 10.1. The van der Waals surface area contributed by atoms with E-state index in [2.05, 4.69) is 5.32 Å². The molecule has 3 N–H and O–H groups in total. The van der Waals surface area contributed by atoms with Crippen LogP contribution in [0.1, 0.15) is 20.8 Å². The third-order valence-corrected chi connectivity index (χ3v) is 1.30. The fourth-order valence-electron chi connectivity index (χ4n) is 0.574. The Kier molecular flexibility index (Phi) is 4.72. The fourth-order valence-corrected chi connectivity index (χ4v) is 0.574. The minimum absolute atomic E-state index is 0.0327. The summed E-state index contributed by atoms with van der Waals surface area (Å²) in [6, 6.07) is 0. The number of carbonyl (C=O) groups is 1. The maximum atomic E-state index is 10.9. The number of alkyl carbamates (subject to hydrolysis) is 1. The van der Waals surface area contributed by atoms with E-state index in [0.29, 0.717) is 0 Å². The van der Waals surface area contributed by atoms with Crippen LogP contribution < -0.4 is 5.32 Å². The molecule has 0 rings (SSSR count). The van der Waals surface area contributed by atoms with Crippen molar-refractivity contribution in [3.05, 3.63) is 0 Å². The normalized spacial score (nSPS) is 15.2. The van der Waals surface area contributed by atoms with Gasteiger partial charge >= 0.3 is 6.09 Å². The summed E-state index contributed by atoms with van der Waals surface area (Å²) in [7, 11) is 0. The number of carbonyl (C=O) groups excluding carboxylic acids is 1. The Balaban J connectivity index is 3.70. The van der Waals surface area contributed by atoms with Gasteiger partial charge in [-0.15, -0.1) is 0 Å². The Morgan fingerprint density at radius 2 is 2.15 bits per heavy atom. The minimum Gasteiger partial charge on any atom is -0.447 e. The zero-order chi connectivity index (χ0) is 10.5. The van der Waals surface area contributed by atoms with Crippen molar-refractivity contribution in [2.24, 2.45) is 0 Å². The molecule has 0 aromatic carbocycles. The number of aliphatic hydroxyl groups excluding tert-OH is 1. The molecule has 0 spiro atoms. The first-order chi connectivity index (χ1) is 5.87. The maximum absolute atomic E-state index is 10.9. The van der Waals surface area contributed by atoms with Crippen LogP contribution in [0.5, 0.6) is 0 Å². The number of amides is 1. The van der Waals surface area contributed by atoms with Gasteiger partial charge in [-0.1, -0.05) is 0 Å². The van der Waals surface area contributed by atoms with Gasteiger partial charge in [0.1, 0.15) is 5.60 Å². The van der Waals surface area contributed by atoms with E-state index < -0.39 is 18.3 Å². The van der Waals surface area contributed by atoms with E-state index in [0.717, 1.165) is 0 Å². The van der Waals surface area contributed by atoms with Crippen LogP contribution in [0.15, 0.2) is 0 Å². The number of rotatable bonds is 4. The molecule has 0 fully saturated rings. The van der Waals surface area contributed by atoms with Crippen LogP contribution in [0.3, 0.4) is 0 Å². The third-order valence-electron chi connectivity index (χ3n) is 1.30. The second kappa shape index (κ2) is 5.04. The lowest BCUT2D eigenvalue weighted by Crippen LogP contribution is -2.43.